The molecule has 1 atom stereocenters. The average molecular weight is 334 g/mol. The second-order valence-corrected chi connectivity index (χ2v) is 5.24. The van der Waals surface area contributed by atoms with Gasteiger partial charge in [0, 0.05) is 12.7 Å². The zero-order chi connectivity index (χ0) is 11.5. The number of likely N-dealkylation sites (tertiary alicyclic amines) is 1. The van der Waals surface area contributed by atoms with E-state index in [9.17, 15) is 9.18 Å². The molecule has 0 saturated carbocycles. The molecule has 1 aromatic heterocycles. The van der Waals surface area contributed by atoms with Gasteiger partial charge in [-0.25, -0.2) is 4.98 Å². The lowest BCUT2D eigenvalue weighted by molar-refractivity contribution is 0.0709. The molecule has 0 radical (unpaired) electrons. The third-order valence-electron chi connectivity index (χ3n) is 2.66. The number of alkyl halides is 1. The van der Waals surface area contributed by atoms with Gasteiger partial charge in [-0.15, -0.1) is 0 Å². The van der Waals surface area contributed by atoms with Gasteiger partial charge in [0.15, 0.2) is 0 Å². The van der Waals surface area contributed by atoms with Crippen LogP contribution in [0.1, 0.15) is 29.6 Å². The predicted molar refractivity (Wildman–Crippen MR) is 66.9 cm³/mol. The fourth-order valence-electron chi connectivity index (χ4n) is 1.79. The van der Waals surface area contributed by atoms with Gasteiger partial charge in [-0.3, -0.25) is 4.79 Å². The van der Waals surface area contributed by atoms with E-state index in [-0.39, 0.29) is 9.96 Å². The van der Waals surface area contributed by atoms with Gasteiger partial charge in [0.05, 0.1) is 9.61 Å². The maximum Gasteiger partial charge on any atom is 0.256 e. The molecule has 0 N–H and O–H groups in total. The van der Waals surface area contributed by atoms with E-state index < -0.39 is 5.95 Å². The number of hydrogen-bond acceptors (Lipinski definition) is 2. The molecule has 1 saturated heterocycles. The summed E-state index contributed by atoms with van der Waals surface area (Å²) in [5.41, 5.74) is 0.463. The van der Waals surface area contributed by atoms with Crippen molar-refractivity contribution in [1.29, 1.82) is 0 Å². The average Bonchev–Trinajstić information content (AvgIpc) is 2.30. The van der Waals surface area contributed by atoms with Crippen molar-refractivity contribution in [3.63, 3.8) is 0 Å². The Labute approximate surface area is 107 Å². The highest BCUT2D eigenvalue weighted by atomic mass is 127. The van der Waals surface area contributed by atoms with Crippen molar-refractivity contribution in [2.24, 2.45) is 0 Å². The Kier molecular flexibility index (Phi) is 3.73. The monoisotopic (exact) mass is 334 g/mol. The van der Waals surface area contributed by atoms with E-state index in [0.717, 1.165) is 19.4 Å². The van der Waals surface area contributed by atoms with Gasteiger partial charge >= 0.3 is 0 Å². The van der Waals surface area contributed by atoms with Crippen molar-refractivity contribution in [1.82, 2.24) is 9.88 Å². The van der Waals surface area contributed by atoms with E-state index >= 15 is 0 Å². The first kappa shape index (κ1) is 11.8. The summed E-state index contributed by atoms with van der Waals surface area (Å²) in [5.74, 6) is -0.604. The topological polar surface area (TPSA) is 33.2 Å². The maximum absolute atomic E-state index is 12.6. The molecular formula is C11H12FIN2O. The minimum Gasteiger partial charge on any atom is -0.327 e. The number of piperidine rings is 1. The van der Waals surface area contributed by atoms with Crippen LogP contribution in [-0.4, -0.2) is 26.4 Å². The lowest BCUT2D eigenvalue weighted by Gasteiger charge is -2.32. The predicted octanol–water partition coefficient (Wildman–Crippen LogP) is 2.61. The number of pyridine rings is 1. The fourth-order valence-corrected chi connectivity index (χ4v) is 2.76. The molecule has 0 bridgehead atoms. The summed E-state index contributed by atoms with van der Waals surface area (Å²) in [6, 6.07) is 2.71. The van der Waals surface area contributed by atoms with E-state index in [1.165, 1.54) is 24.8 Å². The van der Waals surface area contributed by atoms with Crippen LogP contribution in [0.2, 0.25) is 0 Å². The Balaban J connectivity index is 2.14. The highest BCUT2D eigenvalue weighted by Crippen LogP contribution is 2.23. The summed E-state index contributed by atoms with van der Waals surface area (Å²) in [6.45, 7) is 0.782. The van der Waals surface area contributed by atoms with E-state index in [1.807, 2.05) is 4.90 Å². The van der Waals surface area contributed by atoms with E-state index in [4.69, 9.17) is 0 Å². The lowest BCUT2D eigenvalue weighted by atomic mass is 10.1. The Bertz CT molecular complexity index is 382. The number of aromatic nitrogens is 1. The van der Waals surface area contributed by atoms with Crippen molar-refractivity contribution < 1.29 is 9.18 Å². The second-order valence-electron chi connectivity index (χ2n) is 3.80. The molecule has 0 aromatic carbocycles. The molecule has 86 valence electrons. The third-order valence-corrected chi connectivity index (χ3v) is 3.96. The van der Waals surface area contributed by atoms with Crippen LogP contribution in [-0.2, 0) is 0 Å². The van der Waals surface area contributed by atoms with E-state index in [2.05, 4.69) is 27.6 Å². The SMILES string of the molecule is O=C(c1ccc(F)nc1)N1CCCCC1I. The Hall–Kier alpha value is -0.720. The molecule has 0 spiro atoms. The molecule has 1 aliphatic heterocycles. The molecular weight excluding hydrogens is 322 g/mol. The largest absolute Gasteiger partial charge is 0.327 e. The summed E-state index contributed by atoms with van der Waals surface area (Å²) in [5, 5.41) is 0. The van der Waals surface area contributed by atoms with Crippen LogP contribution < -0.4 is 0 Å². The summed E-state index contributed by atoms with van der Waals surface area (Å²) in [6.07, 6.45) is 4.54. The number of carbonyl (C=O) groups is 1. The minimum atomic E-state index is -0.554. The molecule has 1 fully saturated rings. The fraction of sp³-hybridized carbons (Fsp3) is 0.455. The molecule has 1 amide bonds. The van der Waals surface area contributed by atoms with Gasteiger partial charge in [0.25, 0.3) is 5.91 Å². The van der Waals surface area contributed by atoms with Crippen LogP contribution in [0.4, 0.5) is 4.39 Å². The van der Waals surface area contributed by atoms with Crippen LogP contribution in [0, 0.1) is 5.95 Å². The van der Waals surface area contributed by atoms with Gasteiger partial charge < -0.3 is 4.90 Å². The molecule has 3 nitrogen and oxygen atoms in total. The number of carbonyl (C=O) groups excluding carboxylic acids is 1. The highest BCUT2D eigenvalue weighted by Gasteiger charge is 2.25. The summed E-state index contributed by atoms with van der Waals surface area (Å²) < 4.78 is 12.9. The van der Waals surface area contributed by atoms with Crippen LogP contribution in [0.3, 0.4) is 0 Å². The van der Waals surface area contributed by atoms with Crippen LogP contribution >= 0.6 is 22.6 Å². The Morgan fingerprint density at radius 2 is 2.31 bits per heavy atom. The molecule has 2 rings (SSSR count). The lowest BCUT2D eigenvalue weighted by Crippen LogP contribution is -2.40. The molecule has 1 aromatic rings. The number of amides is 1. The first-order chi connectivity index (χ1) is 7.68. The maximum atomic E-state index is 12.6. The smallest absolute Gasteiger partial charge is 0.256 e. The van der Waals surface area contributed by atoms with Crippen LogP contribution in [0.25, 0.3) is 0 Å². The van der Waals surface area contributed by atoms with Crippen molar-refractivity contribution in [3.8, 4) is 0 Å². The minimum absolute atomic E-state index is 0.0494. The Morgan fingerprint density at radius 3 is 2.94 bits per heavy atom. The molecule has 2 heterocycles. The highest BCUT2D eigenvalue weighted by molar-refractivity contribution is 14.1. The number of nitrogens with zero attached hydrogens (tertiary/aromatic N) is 2. The molecule has 16 heavy (non-hydrogen) atoms. The quantitative estimate of drug-likeness (QED) is 0.342. The van der Waals surface area contributed by atoms with Crippen molar-refractivity contribution >= 4 is 28.5 Å². The standard InChI is InChI=1S/C11H12FIN2O/c12-9-5-4-8(7-14-9)11(16)15-6-2-1-3-10(15)13/h4-5,7,10H,1-3,6H2. The van der Waals surface area contributed by atoms with Crippen LogP contribution in [0.15, 0.2) is 18.3 Å². The first-order valence-electron chi connectivity index (χ1n) is 5.25. The van der Waals surface area contributed by atoms with Crippen molar-refractivity contribution in [3.05, 3.63) is 29.8 Å². The molecule has 1 unspecified atom stereocenters. The molecule has 0 aliphatic carbocycles. The van der Waals surface area contributed by atoms with Crippen LogP contribution in [0.5, 0.6) is 0 Å². The number of hydrogen-bond donors (Lipinski definition) is 0. The van der Waals surface area contributed by atoms with Gasteiger partial charge in [0.2, 0.25) is 5.95 Å². The molecule has 5 heteroatoms. The Morgan fingerprint density at radius 1 is 1.50 bits per heavy atom. The van der Waals surface area contributed by atoms with Gasteiger partial charge in [-0.05, 0) is 31.4 Å². The number of rotatable bonds is 1. The van der Waals surface area contributed by atoms with Crippen molar-refractivity contribution in [2.75, 3.05) is 6.54 Å². The summed E-state index contributed by atoms with van der Waals surface area (Å²) in [4.78, 5) is 17.4. The van der Waals surface area contributed by atoms with Gasteiger partial charge in [-0.2, -0.15) is 4.39 Å². The summed E-state index contributed by atoms with van der Waals surface area (Å²) in [7, 11) is 0. The third kappa shape index (κ3) is 2.50. The zero-order valence-electron chi connectivity index (χ0n) is 8.70. The number of halogens is 2. The zero-order valence-corrected chi connectivity index (χ0v) is 10.9. The second kappa shape index (κ2) is 5.07. The van der Waals surface area contributed by atoms with Gasteiger partial charge in [-0.1, -0.05) is 22.6 Å². The summed E-state index contributed by atoms with van der Waals surface area (Å²) >= 11 is 2.28. The van der Waals surface area contributed by atoms with E-state index in [0.29, 0.717) is 5.56 Å². The van der Waals surface area contributed by atoms with E-state index in [1.54, 1.807) is 0 Å². The van der Waals surface area contributed by atoms with Crippen molar-refractivity contribution in [2.45, 2.75) is 23.3 Å². The molecule has 1 aliphatic rings. The first-order valence-corrected chi connectivity index (χ1v) is 6.49. The van der Waals surface area contributed by atoms with Gasteiger partial charge in [0.1, 0.15) is 0 Å². The normalized spacial score (nSPS) is 20.9.